The molecule has 1 N–H and O–H groups in total. The molecule has 5 nitrogen and oxygen atoms in total. The topological polar surface area (TPSA) is 64.6 Å². The van der Waals surface area contributed by atoms with Crippen molar-refractivity contribution in [3.8, 4) is 5.75 Å². The minimum atomic E-state index is -0.500. The third kappa shape index (κ3) is 4.27. The average molecular weight is 366 g/mol. The molecule has 3 aliphatic carbocycles. The lowest BCUT2D eigenvalue weighted by Gasteiger charge is -2.70. The third-order valence-corrected chi connectivity index (χ3v) is 4.94. The second-order valence-electron chi connectivity index (χ2n) is 8.40. The number of nitrogens with one attached hydrogen (secondary N) is 1. The molecule has 136 valence electrons. The van der Waals surface area contributed by atoms with E-state index in [0.29, 0.717) is 17.2 Å². The molecule has 1 aromatic rings. The van der Waals surface area contributed by atoms with Crippen LogP contribution >= 0.6 is 11.6 Å². The van der Waals surface area contributed by atoms with Crippen LogP contribution in [0.5, 0.6) is 5.75 Å². The van der Waals surface area contributed by atoms with Crippen LogP contribution in [0, 0.1) is 5.41 Å². The van der Waals surface area contributed by atoms with Gasteiger partial charge in [0.1, 0.15) is 18.0 Å². The fourth-order valence-corrected chi connectivity index (χ4v) is 4.13. The number of benzene rings is 1. The Morgan fingerprint density at radius 1 is 1.16 bits per heavy atom. The van der Waals surface area contributed by atoms with E-state index in [-0.39, 0.29) is 29.4 Å². The zero-order valence-corrected chi connectivity index (χ0v) is 15.6. The van der Waals surface area contributed by atoms with Gasteiger partial charge in [-0.2, -0.15) is 0 Å². The molecular formula is C19H24ClNO4. The van der Waals surface area contributed by atoms with Gasteiger partial charge in [-0.25, -0.2) is 4.79 Å². The fraction of sp³-hybridized carbons (Fsp3) is 0.579. The quantitative estimate of drug-likeness (QED) is 0.823. The highest BCUT2D eigenvalue weighted by atomic mass is 35.5. The van der Waals surface area contributed by atoms with Crippen molar-refractivity contribution in [3.05, 3.63) is 29.3 Å². The summed E-state index contributed by atoms with van der Waals surface area (Å²) in [6.45, 7) is 5.59. The average Bonchev–Trinajstić information content (AvgIpc) is 2.41. The largest absolute Gasteiger partial charge is 0.486 e. The van der Waals surface area contributed by atoms with Crippen LogP contribution in [0.25, 0.3) is 0 Å². The van der Waals surface area contributed by atoms with E-state index in [2.05, 4.69) is 5.32 Å². The Bertz CT molecular complexity index is 658. The number of hydrogen-bond donors (Lipinski definition) is 1. The Kier molecular flexibility index (Phi) is 4.48. The molecule has 3 aliphatic rings. The molecule has 25 heavy (non-hydrogen) atoms. The number of ether oxygens (including phenoxy) is 2. The van der Waals surface area contributed by atoms with Gasteiger partial charge in [-0.05, 0) is 69.7 Å². The first-order valence-corrected chi connectivity index (χ1v) is 8.88. The van der Waals surface area contributed by atoms with Crippen molar-refractivity contribution in [2.75, 3.05) is 6.61 Å². The molecule has 3 saturated carbocycles. The molecule has 0 spiro atoms. The molecule has 0 unspecified atom stereocenters. The van der Waals surface area contributed by atoms with Gasteiger partial charge in [0, 0.05) is 17.0 Å². The number of halogens is 1. The lowest BCUT2D eigenvalue weighted by atomic mass is 9.38. The second-order valence-corrected chi connectivity index (χ2v) is 8.83. The van der Waals surface area contributed by atoms with Gasteiger partial charge in [-0.3, -0.25) is 4.79 Å². The highest BCUT2D eigenvalue weighted by Crippen LogP contribution is 2.69. The van der Waals surface area contributed by atoms with E-state index in [4.69, 9.17) is 21.1 Å². The van der Waals surface area contributed by atoms with Crippen LogP contribution < -0.4 is 10.1 Å². The van der Waals surface area contributed by atoms with Crippen LogP contribution in [0.3, 0.4) is 0 Å². The molecule has 1 amide bonds. The summed E-state index contributed by atoms with van der Waals surface area (Å²) < 4.78 is 10.8. The number of hydrogen-bond acceptors (Lipinski definition) is 4. The summed E-state index contributed by atoms with van der Waals surface area (Å²) in [7, 11) is 0. The van der Waals surface area contributed by atoms with Gasteiger partial charge in [-0.15, -0.1) is 0 Å². The number of carbonyl (C=O) groups excluding carboxylic acids is 2. The SMILES string of the molecule is CC(C)(C)OC(=O)NC12CC(CC(=O)COc3ccc(Cl)cc3)(C1)C2. The Balaban J connectivity index is 1.39. The first-order chi connectivity index (χ1) is 11.6. The highest BCUT2D eigenvalue weighted by Gasteiger charge is 2.68. The predicted octanol–water partition coefficient (Wildman–Crippen LogP) is 4.13. The number of Topliss-reactive ketones (excluding diaryl/α,β-unsaturated/α-hetero) is 1. The molecule has 0 saturated heterocycles. The van der Waals surface area contributed by atoms with Crippen LogP contribution in [0.1, 0.15) is 46.5 Å². The molecule has 2 bridgehead atoms. The first kappa shape index (κ1) is 18.1. The second kappa shape index (κ2) is 6.20. The van der Waals surface area contributed by atoms with Gasteiger partial charge in [0.15, 0.2) is 5.78 Å². The molecule has 0 heterocycles. The minimum Gasteiger partial charge on any atom is -0.486 e. The van der Waals surface area contributed by atoms with Crippen LogP contribution in [0.2, 0.25) is 5.02 Å². The molecule has 6 heteroatoms. The number of alkyl carbamates (subject to hydrolysis) is 1. The zero-order valence-electron chi connectivity index (χ0n) is 14.9. The van der Waals surface area contributed by atoms with Gasteiger partial charge in [-0.1, -0.05) is 11.6 Å². The van der Waals surface area contributed by atoms with Gasteiger partial charge >= 0.3 is 6.09 Å². The molecular weight excluding hydrogens is 342 g/mol. The monoisotopic (exact) mass is 365 g/mol. The standard InChI is InChI=1S/C19H24ClNO4/c1-17(2,3)25-16(23)21-19-10-18(11-19,12-19)8-14(22)9-24-15-6-4-13(20)5-7-15/h4-7H,8-12H2,1-3H3,(H,21,23). The van der Waals surface area contributed by atoms with Crippen molar-refractivity contribution in [3.63, 3.8) is 0 Å². The number of ketones is 1. The normalized spacial score (nSPS) is 26.9. The van der Waals surface area contributed by atoms with E-state index in [1.807, 2.05) is 20.8 Å². The summed E-state index contributed by atoms with van der Waals surface area (Å²) in [5.74, 6) is 0.721. The summed E-state index contributed by atoms with van der Waals surface area (Å²) >= 11 is 5.82. The van der Waals surface area contributed by atoms with E-state index in [1.54, 1.807) is 24.3 Å². The summed E-state index contributed by atoms with van der Waals surface area (Å²) in [5, 5.41) is 3.59. The van der Waals surface area contributed by atoms with Crippen molar-refractivity contribution >= 4 is 23.5 Å². The predicted molar refractivity (Wildman–Crippen MR) is 95.0 cm³/mol. The summed E-state index contributed by atoms with van der Waals surface area (Å²) in [6.07, 6.45) is 2.64. The number of carbonyl (C=O) groups is 2. The maximum atomic E-state index is 12.2. The first-order valence-electron chi connectivity index (χ1n) is 8.50. The number of rotatable bonds is 6. The Morgan fingerprint density at radius 2 is 1.76 bits per heavy atom. The van der Waals surface area contributed by atoms with E-state index >= 15 is 0 Å². The molecule has 0 aromatic heterocycles. The maximum Gasteiger partial charge on any atom is 0.408 e. The Hall–Kier alpha value is -1.75. The van der Waals surface area contributed by atoms with E-state index in [9.17, 15) is 9.59 Å². The molecule has 3 fully saturated rings. The van der Waals surface area contributed by atoms with Crippen LogP contribution in [0.4, 0.5) is 4.79 Å². The highest BCUT2D eigenvalue weighted by molar-refractivity contribution is 6.30. The smallest absolute Gasteiger partial charge is 0.408 e. The minimum absolute atomic E-state index is 0.0372. The van der Waals surface area contributed by atoms with Crippen LogP contribution in [-0.2, 0) is 9.53 Å². The molecule has 0 atom stereocenters. The summed E-state index contributed by atoms with van der Waals surface area (Å²) in [5.41, 5.74) is -0.630. The molecule has 0 radical (unpaired) electrons. The number of amides is 1. The van der Waals surface area contributed by atoms with Gasteiger partial charge in [0.2, 0.25) is 0 Å². The lowest BCUT2D eigenvalue weighted by molar-refractivity contribution is -0.165. The van der Waals surface area contributed by atoms with Crippen molar-refractivity contribution in [2.45, 2.75) is 57.6 Å². The van der Waals surface area contributed by atoms with Gasteiger partial charge in [0.05, 0.1) is 0 Å². The van der Waals surface area contributed by atoms with E-state index in [0.717, 1.165) is 19.3 Å². The van der Waals surface area contributed by atoms with Gasteiger partial charge in [0.25, 0.3) is 0 Å². The van der Waals surface area contributed by atoms with E-state index < -0.39 is 5.60 Å². The molecule has 1 aromatic carbocycles. The third-order valence-electron chi connectivity index (χ3n) is 4.69. The van der Waals surface area contributed by atoms with Crippen molar-refractivity contribution < 1.29 is 19.1 Å². The molecule has 4 rings (SSSR count). The van der Waals surface area contributed by atoms with Crippen molar-refractivity contribution in [1.29, 1.82) is 0 Å². The summed E-state index contributed by atoms with van der Waals surface area (Å²) in [4.78, 5) is 24.0. The lowest BCUT2D eigenvalue weighted by Crippen LogP contribution is -2.75. The van der Waals surface area contributed by atoms with E-state index in [1.165, 1.54) is 0 Å². The van der Waals surface area contributed by atoms with Gasteiger partial charge < -0.3 is 14.8 Å². The summed E-state index contributed by atoms with van der Waals surface area (Å²) in [6, 6.07) is 6.95. The fourth-order valence-electron chi connectivity index (χ4n) is 4.00. The Morgan fingerprint density at radius 3 is 2.32 bits per heavy atom. The van der Waals surface area contributed by atoms with Crippen molar-refractivity contribution in [2.24, 2.45) is 5.41 Å². The van der Waals surface area contributed by atoms with Crippen LogP contribution in [0.15, 0.2) is 24.3 Å². The van der Waals surface area contributed by atoms with Crippen LogP contribution in [-0.4, -0.2) is 29.6 Å². The zero-order chi connectivity index (χ0) is 18.3. The van der Waals surface area contributed by atoms with Crippen molar-refractivity contribution in [1.82, 2.24) is 5.32 Å². The molecule has 0 aliphatic heterocycles. The maximum absolute atomic E-state index is 12.2. The Labute approximate surface area is 153 Å².